The molecule has 0 unspecified atom stereocenters. The van der Waals surface area contributed by atoms with Gasteiger partial charge in [0.25, 0.3) is 0 Å². The quantitative estimate of drug-likeness (QED) is 0.559. The Hall–Kier alpha value is -1.31. The lowest BCUT2D eigenvalue weighted by molar-refractivity contribution is -0.962. The van der Waals surface area contributed by atoms with E-state index in [1.165, 1.54) is 12.1 Å². The first-order valence-corrected chi connectivity index (χ1v) is 8.76. The normalized spacial score (nSPS) is 12.0. The van der Waals surface area contributed by atoms with Crippen LogP contribution >= 0.6 is 0 Å². The van der Waals surface area contributed by atoms with Gasteiger partial charge in [-0.1, -0.05) is 0 Å². The van der Waals surface area contributed by atoms with Crippen molar-refractivity contribution in [2.24, 2.45) is 0 Å². The van der Waals surface area contributed by atoms with Crippen molar-refractivity contribution in [1.82, 2.24) is 0 Å². The van der Waals surface area contributed by atoms with E-state index in [4.69, 9.17) is 11.5 Å². The summed E-state index contributed by atoms with van der Waals surface area (Å²) in [7, 11) is -4.48. The summed E-state index contributed by atoms with van der Waals surface area (Å²) < 4.78 is 31.5. The Kier molecular flexibility index (Phi) is 7.86. The van der Waals surface area contributed by atoms with Crippen molar-refractivity contribution in [2.75, 3.05) is 11.5 Å². The first-order valence-electron chi connectivity index (χ1n) is 7.35. The van der Waals surface area contributed by atoms with Crippen molar-refractivity contribution < 1.29 is 17.9 Å². The summed E-state index contributed by atoms with van der Waals surface area (Å²) in [5.41, 5.74) is 10.7. The van der Waals surface area contributed by atoms with Crippen LogP contribution in [0.3, 0.4) is 0 Å². The lowest BCUT2D eigenvalue weighted by Gasteiger charge is -2.31. The highest BCUT2D eigenvalue weighted by Crippen LogP contribution is 2.19. The summed E-state index contributed by atoms with van der Waals surface area (Å²) in [6.07, 6.45) is 0. The molecule has 1 aromatic rings. The van der Waals surface area contributed by atoms with Crippen LogP contribution in [0.1, 0.15) is 41.5 Å². The highest BCUT2D eigenvalue weighted by Gasteiger charge is 2.19. The fourth-order valence-electron chi connectivity index (χ4n) is 2.79. The van der Waals surface area contributed by atoms with E-state index in [0.717, 1.165) is 24.2 Å². The number of anilines is 2. The highest BCUT2D eigenvalue weighted by atomic mass is 32.2. The maximum Gasteiger partial charge on any atom is 0.126 e. The summed E-state index contributed by atoms with van der Waals surface area (Å²) in [4.78, 5) is 1.26. The van der Waals surface area contributed by atoms with E-state index in [1.54, 1.807) is 4.90 Å². The Bertz CT molecular complexity index is 550. The Morgan fingerprint density at radius 1 is 0.955 bits per heavy atom. The molecule has 0 atom stereocenters. The van der Waals surface area contributed by atoms with Gasteiger partial charge < -0.3 is 20.9 Å². The van der Waals surface area contributed by atoms with Crippen LogP contribution < -0.4 is 16.4 Å². The minimum Gasteiger partial charge on any atom is -0.744 e. The fourth-order valence-corrected chi connectivity index (χ4v) is 3.38. The average molecular weight is 331 g/mol. The largest absolute Gasteiger partial charge is 0.744 e. The van der Waals surface area contributed by atoms with E-state index in [2.05, 4.69) is 41.5 Å². The van der Waals surface area contributed by atoms with E-state index in [-0.39, 0.29) is 5.69 Å². The Morgan fingerprint density at radius 2 is 1.36 bits per heavy atom. The minimum absolute atomic E-state index is 0.120. The van der Waals surface area contributed by atoms with Gasteiger partial charge in [0.2, 0.25) is 0 Å². The SMILES string of the molecule is CC(C)[NH+](C(C)C)C(C)C.Nc1ccc(S(=O)(=O)[O-])c(N)c1. The summed E-state index contributed by atoms with van der Waals surface area (Å²) in [5.74, 6) is 0. The van der Waals surface area contributed by atoms with Gasteiger partial charge in [0, 0.05) is 5.69 Å². The molecule has 0 aromatic heterocycles. The van der Waals surface area contributed by atoms with Crippen LogP contribution in [-0.4, -0.2) is 31.1 Å². The van der Waals surface area contributed by atoms with Crippen LogP contribution in [0, 0.1) is 0 Å². The van der Waals surface area contributed by atoms with Gasteiger partial charge in [0.1, 0.15) is 10.1 Å². The second-order valence-electron chi connectivity index (χ2n) is 6.22. The molecule has 0 fully saturated rings. The van der Waals surface area contributed by atoms with Crippen molar-refractivity contribution in [1.29, 1.82) is 0 Å². The second kappa shape index (κ2) is 8.36. The van der Waals surface area contributed by atoms with Gasteiger partial charge in [0.05, 0.1) is 28.7 Å². The van der Waals surface area contributed by atoms with Gasteiger partial charge in [-0.2, -0.15) is 0 Å². The Morgan fingerprint density at radius 3 is 1.59 bits per heavy atom. The zero-order valence-electron chi connectivity index (χ0n) is 14.3. The van der Waals surface area contributed by atoms with E-state index in [9.17, 15) is 13.0 Å². The molecule has 0 saturated heterocycles. The maximum absolute atomic E-state index is 10.5. The van der Waals surface area contributed by atoms with Crippen molar-refractivity contribution >= 4 is 21.5 Å². The van der Waals surface area contributed by atoms with Crippen LogP contribution in [0.15, 0.2) is 23.1 Å². The topological polar surface area (TPSA) is 114 Å². The molecule has 1 aromatic carbocycles. The number of rotatable bonds is 4. The number of quaternary nitrogens is 1. The van der Waals surface area contributed by atoms with Crippen LogP contribution in [0.2, 0.25) is 0 Å². The number of benzene rings is 1. The maximum atomic E-state index is 10.5. The molecule has 0 aliphatic rings. The third-order valence-electron chi connectivity index (χ3n) is 3.30. The molecule has 0 spiro atoms. The van der Waals surface area contributed by atoms with Gasteiger partial charge in [-0.05, 0) is 59.7 Å². The van der Waals surface area contributed by atoms with Gasteiger partial charge in [-0.25, -0.2) is 8.42 Å². The zero-order chi connectivity index (χ0) is 17.7. The molecule has 0 heterocycles. The summed E-state index contributed by atoms with van der Waals surface area (Å²) >= 11 is 0. The molecule has 128 valence electrons. The molecular weight excluding hydrogens is 302 g/mol. The number of nitrogens with two attached hydrogens (primary N) is 2. The van der Waals surface area contributed by atoms with E-state index in [1.807, 2.05) is 0 Å². The van der Waals surface area contributed by atoms with Gasteiger partial charge in [-0.3, -0.25) is 0 Å². The van der Waals surface area contributed by atoms with E-state index < -0.39 is 15.0 Å². The second-order valence-corrected chi connectivity index (χ2v) is 7.56. The number of hydrogen-bond acceptors (Lipinski definition) is 5. The van der Waals surface area contributed by atoms with Crippen LogP contribution in [0.5, 0.6) is 0 Å². The molecule has 1 rings (SSSR count). The Balaban J connectivity index is 0.000000409. The smallest absolute Gasteiger partial charge is 0.126 e. The summed E-state index contributed by atoms with van der Waals surface area (Å²) in [6, 6.07) is 5.87. The first-order chi connectivity index (χ1) is 9.87. The highest BCUT2D eigenvalue weighted by molar-refractivity contribution is 7.86. The third-order valence-corrected chi connectivity index (χ3v) is 4.21. The van der Waals surface area contributed by atoms with Crippen molar-refractivity contribution in [3.8, 4) is 0 Å². The predicted molar refractivity (Wildman–Crippen MR) is 89.6 cm³/mol. The number of nitrogen functional groups attached to an aromatic ring is 2. The van der Waals surface area contributed by atoms with Crippen molar-refractivity contribution in [3.63, 3.8) is 0 Å². The monoisotopic (exact) mass is 331 g/mol. The average Bonchev–Trinajstić information content (AvgIpc) is 2.25. The Labute approximate surface area is 134 Å². The van der Waals surface area contributed by atoms with Crippen LogP contribution in [0.25, 0.3) is 0 Å². The first kappa shape index (κ1) is 20.7. The third kappa shape index (κ3) is 6.64. The van der Waals surface area contributed by atoms with E-state index >= 15 is 0 Å². The molecule has 5 N–H and O–H groups in total. The van der Waals surface area contributed by atoms with Crippen molar-refractivity contribution in [2.45, 2.75) is 64.6 Å². The molecule has 7 heteroatoms. The molecule has 6 nitrogen and oxygen atoms in total. The predicted octanol–water partition coefficient (Wildman–Crippen LogP) is 0.852. The zero-order valence-corrected chi connectivity index (χ0v) is 15.1. The molecule has 0 radical (unpaired) electrons. The molecule has 0 aliphatic heterocycles. The van der Waals surface area contributed by atoms with Crippen LogP contribution in [0.4, 0.5) is 11.4 Å². The molecule has 22 heavy (non-hydrogen) atoms. The molecule has 0 bridgehead atoms. The number of nitrogens with one attached hydrogen (secondary N) is 1. The van der Waals surface area contributed by atoms with Gasteiger partial charge in [-0.15, -0.1) is 0 Å². The number of hydrogen-bond donors (Lipinski definition) is 3. The minimum atomic E-state index is -4.48. The summed E-state index contributed by atoms with van der Waals surface area (Å²) in [6.45, 7) is 13.7. The van der Waals surface area contributed by atoms with Crippen LogP contribution in [-0.2, 0) is 10.1 Å². The lowest BCUT2D eigenvalue weighted by Crippen LogP contribution is -3.20. The molecule has 0 amide bonds. The van der Waals surface area contributed by atoms with Crippen molar-refractivity contribution in [3.05, 3.63) is 18.2 Å². The lowest BCUT2D eigenvalue weighted by atomic mass is 10.2. The molecular formula is C15H29N3O3S. The molecule has 0 saturated carbocycles. The van der Waals surface area contributed by atoms with Gasteiger partial charge >= 0.3 is 0 Å². The standard InChI is InChI=1S/C9H21N.C6H8N2O3S/c1-7(2)10(8(3)4)9(5)6;7-4-1-2-6(5(8)3-4)12(9,10)11/h7-9H,1-6H3;1-3H,7-8H2,(H,9,10,11). The fraction of sp³-hybridized carbons (Fsp3) is 0.600. The summed E-state index contributed by atoms with van der Waals surface area (Å²) in [5, 5.41) is 0. The molecule has 0 aliphatic carbocycles. The van der Waals surface area contributed by atoms with Gasteiger partial charge in [0.15, 0.2) is 0 Å². The van der Waals surface area contributed by atoms with E-state index in [0.29, 0.717) is 5.69 Å².